The van der Waals surface area contributed by atoms with Crippen molar-refractivity contribution in [3.63, 3.8) is 0 Å². The van der Waals surface area contributed by atoms with Gasteiger partial charge >= 0.3 is 5.97 Å². The third-order valence-corrected chi connectivity index (χ3v) is 5.25. The van der Waals surface area contributed by atoms with Gasteiger partial charge in [0.25, 0.3) is 0 Å². The van der Waals surface area contributed by atoms with Gasteiger partial charge in [-0.25, -0.2) is 4.79 Å². The van der Waals surface area contributed by atoms with Gasteiger partial charge in [0.15, 0.2) is 0 Å². The summed E-state index contributed by atoms with van der Waals surface area (Å²) in [5.41, 5.74) is 2.20. The number of benzene rings is 1. The highest BCUT2D eigenvalue weighted by atomic mass is 32.2. The number of fused-ring (bicyclic) bond motifs is 1. The second kappa shape index (κ2) is 6.98. The molecule has 2 rings (SSSR count). The summed E-state index contributed by atoms with van der Waals surface area (Å²) in [7, 11) is 0. The average molecular weight is 307 g/mol. The van der Waals surface area contributed by atoms with Crippen LogP contribution in [-0.4, -0.2) is 28.8 Å². The van der Waals surface area contributed by atoms with Crippen molar-refractivity contribution in [1.29, 1.82) is 0 Å². The molecule has 0 bridgehead atoms. The zero-order chi connectivity index (χ0) is 15.4. The van der Waals surface area contributed by atoms with E-state index < -0.39 is 12.0 Å². The number of carboxylic acids is 1. The maximum Gasteiger partial charge on any atom is 0.326 e. The van der Waals surface area contributed by atoms with E-state index in [1.807, 2.05) is 38.1 Å². The number of hydrogen-bond donors (Lipinski definition) is 2. The van der Waals surface area contributed by atoms with Gasteiger partial charge in [-0.2, -0.15) is 0 Å². The maximum atomic E-state index is 12.5. The number of carbonyl (C=O) groups excluding carboxylic acids is 1. The predicted molar refractivity (Wildman–Crippen MR) is 84.4 cm³/mol. The predicted octanol–water partition coefficient (Wildman–Crippen LogP) is 2.63. The number of nitrogens with one attached hydrogen (secondary N) is 1. The van der Waals surface area contributed by atoms with Crippen LogP contribution in [0, 0.1) is 5.92 Å². The lowest BCUT2D eigenvalue weighted by molar-refractivity contribution is -0.143. The van der Waals surface area contributed by atoms with Crippen LogP contribution in [0.25, 0.3) is 0 Å². The Labute approximate surface area is 129 Å². The lowest BCUT2D eigenvalue weighted by Crippen LogP contribution is -2.46. The molecule has 0 saturated carbocycles. The zero-order valence-corrected chi connectivity index (χ0v) is 13.2. The number of thioether (sulfide) groups is 1. The van der Waals surface area contributed by atoms with Crippen LogP contribution < -0.4 is 5.32 Å². The number of carboxylic acid groups (broad SMARTS) is 1. The van der Waals surface area contributed by atoms with Crippen molar-refractivity contribution >= 4 is 23.6 Å². The standard InChI is InChI=1S/C16H21NO3S/c1-3-10(2)13(16(19)20)17-15(18)14-12-7-5-4-6-11(12)8-9-21-14/h4-7,10,13-14H,3,8-9H2,1-2H3,(H,17,18)(H,19,20)/t10-,13-,14?/m0/s1. The molecule has 0 aliphatic carbocycles. The number of carbonyl (C=O) groups is 2. The molecular weight excluding hydrogens is 286 g/mol. The van der Waals surface area contributed by atoms with Crippen molar-refractivity contribution in [3.05, 3.63) is 35.4 Å². The van der Waals surface area contributed by atoms with Crippen molar-refractivity contribution < 1.29 is 14.7 Å². The Morgan fingerprint density at radius 3 is 2.81 bits per heavy atom. The quantitative estimate of drug-likeness (QED) is 0.877. The van der Waals surface area contributed by atoms with Crippen LogP contribution in [0.15, 0.2) is 24.3 Å². The van der Waals surface area contributed by atoms with E-state index in [1.165, 1.54) is 5.56 Å². The van der Waals surface area contributed by atoms with Crippen molar-refractivity contribution in [2.24, 2.45) is 5.92 Å². The van der Waals surface area contributed by atoms with Gasteiger partial charge in [-0.1, -0.05) is 44.5 Å². The molecule has 1 aromatic rings. The zero-order valence-electron chi connectivity index (χ0n) is 12.3. The minimum Gasteiger partial charge on any atom is -0.480 e. The molecule has 114 valence electrons. The SMILES string of the molecule is CC[C@H](C)[C@H](NC(=O)C1SCCc2ccccc21)C(=O)O. The molecule has 2 N–H and O–H groups in total. The molecule has 1 unspecified atom stereocenters. The maximum absolute atomic E-state index is 12.5. The van der Waals surface area contributed by atoms with Gasteiger partial charge in [-0.3, -0.25) is 4.79 Å². The van der Waals surface area contributed by atoms with E-state index in [0.29, 0.717) is 6.42 Å². The van der Waals surface area contributed by atoms with Gasteiger partial charge in [-0.15, -0.1) is 11.8 Å². The van der Waals surface area contributed by atoms with E-state index >= 15 is 0 Å². The van der Waals surface area contributed by atoms with Crippen molar-refractivity contribution in [1.82, 2.24) is 5.32 Å². The van der Waals surface area contributed by atoms with Crippen LogP contribution >= 0.6 is 11.8 Å². The van der Waals surface area contributed by atoms with Crippen LogP contribution in [0.2, 0.25) is 0 Å². The Morgan fingerprint density at radius 1 is 1.43 bits per heavy atom. The van der Waals surface area contributed by atoms with Crippen LogP contribution in [0.5, 0.6) is 0 Å². The van der Waals surface area contributed by atoms with E-state index in [4.69, 9.17) is 0 Å². The largest absolute Gasteiger partial charge is 0.480 e. The second-order valence-electron chi connectivity index (χ2n) is 5.41. The smallest absolute Gasteiger partial charge is 0.326 e. The van der Waals surface area contributed by atoms with E-state index in [1.54, 1.807) is 11.8 Å². The number of hydrogen-bond acceptors (Lipinski definition) is 3. The summed E-state index contributed by atoms with van der Waals surface area (Å²) in [5.74, 6) is -0.363. The lowest BCUT2D eigenvalue weighted by atomic mass is 9.97. The van der Waals surface area contributed by atoms with Gasteiger partial charge < -0.3 is 10.4 Å². The first kappa shape index (κ1) is 15.9. The minimum atomic E-state index is -0.966. The number of rotatable bonds is 5. The number of amides is 1. The van der Waals surface area contributed by atoms with E-state index in [9.17, 15) is 14.7 Å². The summed E-state index contributed by atoms with van der Waals surface area (Å²) in [6.07, 6.45) is 1.67. The molecular formula is C16H21NO3S. The van der Waals surface area contributed by atoms with Gasteiger partial charge in [-0.05, 0) is 29.2 Å². The first-order chi connectivity index (χ1) is 10.0. The van der Waals surface area contributed by atoms with Crippen LogP contribution in [0.1, 0.15) is 36.6 Å². The fourth-order valence-corrected chi connectivity index (χ4v) is 3.73. The molecule has 4 nitrogen and oxygen atoms in total. The van der Waals surface area contributed by atoms with E-state index in [2.05, 4.69) is 5.32 Å². The Morgan fingerprint density at radius 2 is 2.14 bits per heavy atom. The van der Waals surface area contributed by atoms with Crippen LogP contribution in [0.3, 0.4) is 0 Å². The molecule has 0 radical (unpaired) electrons. The lowest BCUT2D eigenvalue weighted by Gasteiger charge is -2.27. The third-order valence-electron chi connectivity index (χ3n) is 4.01. The Hall–Kier alpha value is -1.49. The summed E-state index contributed by atoms with van der Waals surface area (Å²) in [6.45, 7) is 3.78. The molecule has 0 aromatic heterocycles. The van der Waals surface area contributed by atoms with Crippen LogP contribution in [-0.2, 0) is 16.0 Å². The summed E-state index contributed by atoms with van der Waals surface area (Å²) in [4.78, 5) is 23.8. The molecule has 0 fully saturated rings. The Kier molecular flexibility index (Phi) is 5.28. The van der Waals surface area contributed by atoms with E-state index in [0.717, 1.165) is 17.7 Å². The second-order valence-corrected chi connectivity index (χ2v) is 6.62. The average Bonchev–Trinajstić information content (AvgIpc) is 2.50. The first-order valence-electron chi connectivity index (χ1n) is 7.27. The third kappa shape index (κ3) is 3.59. The molecule has 5 heteroatoms. The van der Waals surface area contributed by atoms with Gasteiger partial charge in [0.05, 0.1) is 0 Å². The molecule has 1 aliphatic rings. The molecule has 1 aromatic carbocycles. The molecule has 0 spiro atoms. The van der Waals surface area contributed by atoms with Gasteiger partial charge in [0.1, 0.15) is 11.3 Å². The molecule has 1 amide bonds. The normalized spacial score (nSPS) is 20.2. The van der Waals surface area contributed by atoms with Crippen molar-refractivity contribution in [3.8, 4) is 0 Å². The topological polar surface area (TPSA) is 66.4 Å². The van der Waals surface area contributed by atoms with Crippen molar-refractivity contribution in [2.75, 3.05) is 5.75 Å². The van der Waals surface area contributed by atoms with Crippen LogP contribution in [0.4, 0.5) is 0 Å². The molecule has 1 heterocycles. The molecule has 1 aliphatic heterocycles. The Bertz CT molecular complexity index is 532. The number of aliphatic carboxylic acids is 1. The van der Waals surface area contributed by atoms with Crippen molar-refractivity contribution in [2.45, 2.75) is 38.0 Å². The monoisotopic (exact) mass is 307 g/mol. The summed E-state index contributed by atoms with van der Waals surface area (Å²) in [5, 5.41) is 11.7. The summed E-state index contributed by atoms with van der Waals surface area (Å²) in [6, 6.07) is 7.08. The molecule has 0 saturated heterocycles. The van der Waals surface area contributed by atoms with Gasteiger partial charge in [0.2, 0.25) is 5.91 Å². The highest BCUT2D eigenvalue weighted by Gasteiger charge is 2.31. The minimum absolute atomic E-state index is 0.0877. The van der Waals surface area contributed by atoms with Gasteiger partial charge in [0, 0.05) is 0 Å². The molecule has 21 heavy (non-hydrogen) atoms. The Balaban J connectivity index is 2.15. The molecule has 3 atom stereocenters. The fourth-order valence-electron chi connectivity index (χ4n) is 2.52. The summed E-state index contributed by atoms with van der Waals surface area (Å²) < 4.78 is 0. The first-order valence-corrected chi connectivity index (χ1v) is 8.32. The number of aryl methyl sites for hydroxylation is 1. The highest BCUT2D eigenvalue weighted by molar-refractivity contribution is 8.00. The fraction of sp³-hybridized carbons (Fsp3) is 0.500. The highest BCUT2D eigenvalue weighted by Crippen LogP contribution is 2.36. The van der Waals surface area contributed by atoms with E-state index in [-0.39, 0.29) is 17.1 Å². The summed E-state index contributed by atoms with van der Waals surface area (Å²) >= 11 is 1.58.